The fourth-order valence-electron chi connectivity index (χ4n) is 3.25. The van der Waals surface area contributed by atoms with E-state index in [-0.39, 0.29) is 18.0 Å². The summed E-state index contributed by atoms with van der Waals surface area (Å²) in [4.78, 5) is 2.35. The minimum atomic E-state index is -0.270. The van der Waals surface area contributed by atoms with Crippen molar-refractivity contribution in [2.45, 2.75) is 19.1 Å². The third-order valence-electron chi connectivity index (χ3n) is 4.80. The zero-order chi connectivity index (χ0) is 18.8. The molecular weight excluding hydrogens is 429 g/mol. The van der Waals surface area contributed by atoms with Gasteiger partial charge in [0.2, 0.25) is 0 Å². The van der Waals surface area contributed by atoms with E-state index < -0.39 is 0 Å². The molecule has 0 unspecified atom stereocenters. The SMILES string of the molecule is C[C@@H](c1nnc(-c2ccccc2F)s1)N1CCO[C@@H](c2ccccc2Br)C1. The van der Waals surface area contributed by atoms with Gasteiger partial charge < -0.3 is 4.74 Å². The Morgan fingerprint density at radius 2 is 1.96 bits per heavy atom. The van der Waals surface area contributed by atoms with E-state index in [0.717, 1.165) is 28.1 Å². The van der Waals surface area contributed by atoms with Crippen molar-refractivity contribution in [3.63, 3.8) is 0 Å². The van der Waals surface area contributed by atoms with Gasteiger partial charge in [0.1, 0.15) is 10.8 Å². The average molecular weight is 448 g/mol. The van der Waals surface area contributed by atoms with Crippen LogP contribution in [0.15, 0.2) is 53.0 Å². The summed E-state index contributed by atoms with van der Waals surface area (Å²) in [7, 11) is 0. The lowest BCUT2D eigenvalue weighted by Crippen LogP contribution is -2.39. The highest BCUT2D eigenvalue weighted by atomic mass is 79.9. The van der Waals surface area contributed by atoms with E-state index in [4.69, 9.17) is 4.74 Å². The largest absolute Gasteiger partial charge is 0.371 e. The van der Waals surface area contributed by atoms with E-state index in [1.54, 1.807) is 12.1 Å². The van der Waals surface area contributed by atoms with Crippen LogP contribution >= 0.6 is 27.3 Å². The molecule has 140 valence electrons. The van der Waals surface area contributed by atoms with Gasteiger partial charge in [-0.2, -0.15) is 0 Å². The lowest BCUT2D eigenvalue weighted by Gasteiger charge is -2.36. The summed E-state index contributed by atoms with van der Waals surface area (Å²) in [5, 5.41) is 10.1. The van der Waals surface area contributed by atoms with Crippen LogP contribution < -0.4 is 0 Å². The summed E-state index contributed by atoms with van der Waals surface area (Å²) in [6.07, 6.45) is 0.00994. The number of nitrogens with zero attached hydrogens (tertiary/aromatic N) is 3. The van der Waals surface area contributed by atoms with Gasteiger partial charge in [-0.15, -0.1) is 10.2 Å². The van der Waals surface area contributed by atoms with E-state index in [2.05, 4.69) is 44.0 Å². The number of morpholine rings is 1. The number of ether oxygens (including phenoxy) is 1. The van der Waals surface area contributed by atoms with E-state index in [9.17, 15) is 4.39 Å². The second-order valence-electron chi connectivity index (χ2n) is 6.48. The van der Waals surface area contributed by atoms with Gasteiger partial charge in [0.05, 0.1) is 18.8 Å². The fourth-order valence-corrected chi connectivity index (χ4v) is 4.75. The molecule has 3 aromatic rings. The van der Waals surface area contributed by atoms with Crippen molar-refractivity contribution >= 4 is 27.3 Å². The first-order valence-corrected chi connectivity index (χ1v) is 10.4. The molecule has 0 aliphatic carbocycles. The molecule has 2 heterocycles. The number of halogens is 2. The monoisotopic (exact) mass is 447 g/mol. The molecule has 0 radical (unpaired) electrons. The Hall–Kier alpha value is -1.67. The Kier molecular flexibility index (Phi) is 5.63. The molecule has 0 amide bonds. The molecule has 1 aromatic heterocycles. The van der Waals surface area contributed by atoms with Crippen LogP contribution in [0.3, 0.4) is 0 Å². The van der Waals surface area contributed by atoms with Gasteiger partial charge in [0.15, 0.2) is 5.01 Å². The Labute approximate surface area is 170 Å². The molecule has 27 heavy (non-hydrogen) atoms. The van der Waals surface area contributed by atoms with Gasteiger partial charge in [-0.05, 0) is 30.7 Å². The number of aromatic nitrogens is 2. The van der Waals surface area contributed by atoms with Crippen LogP contribution in [0.25, 0.3) is 10.6 Å². The van der Waals surface area contributed by atoms with E-state index in [1.165, 1.54) is 17.4 Å². The third kappa shape index (κ3) is 3.96. The maximum atomic E-state index is 14.0. The quantitative estimate of drug-likeness (QED) is 0.547. The van der Waals surface area contributed by atoms with Crippen molar-refractivity contribution in [2.24, 2.45) is 0 Å². The van der Waals surface area contributed by atoms with Gasteiger partial charge in [-0.3, -0.25) is 4.90 Å². The number of hydrogen-bond acceptors (Lipinski definition) is 5. The molecule has 1 fully saturated rings. The first-order chi connectivity index (χ1) is 13.1. The molecule has 0 N–H and O–H groups in total. The van der Waals surface area contributed by atoms with Gasteiger partial charge in [-0.25, -0.2) is 4.39 Å². The highest BCUT2D eigenvalue weighted by Gasteiger charge is 2.29. The maximum Gasteiger partial charge on any atom is 0.150 e. The van der Waals surface area contributed by atoms with Gasteiger partial charge in [-0.1, -0.05) is 57.6 Å². The molecule has 0 saturated carbocycles. The molecule has 0 spiro atoms. The van der Waals surface area contributed by atoms with E-state index >= 15 is 0 Å². The van der Waals surface area contributed by atoms with Crippen LogP contribution in [0.4, 0.5) is 4.39 Å². The number of rotatable bonds is 4. The minimum absolute atomic E-state index is 0.00994. The summed E-state index contributed by atoms with van der Waals surface area (Å²) in [5.41, 5.74) is 1.65. The van der Waals surface area contributed by atoms with Crippen LogP contribution in [-0.4, -0.2) is 34.8 Å². The summed E-state index contributed by atoms with van der Waals surface area (Å²) in [6.45, 7) is 4.39. The normalized spacial score (nSPS) is 19.1. The van der Waals surface area contributed by atoms with Crippen molar-refractivity contribution in [3.05, 3.63) is 69.4 Å². The molecule has 2 aromatic carbocycles. The summed E-state index contributed by atoms with van der Waals surface area (Å²) < 4.78 is 21.1. The molecule has 1 aliphatic heterocycles. The van der Waals surface area contributed by atoms with Crippen LogP contribution in [0.1, 0.15) is 29.6 Å². The Balaban J connectivity index is 1.52. The number of hydrogen-bond donors (Lipinski definition) is 0. The smallest absolute Gasteiger partial charge is 0.150 e. The van der Waals surface area contributed by atoms with Crippen LogP contribution in [0, 0.1) is 5.82 Å². The van der Waals surface area contributed by atoms with Crippen molar-refractivity contribution in [2.75, 3.05) is 19.7 Å². The lowest BCUT2D eigenvalue weighted by molar-refractivity contribution is -0.0435. The zero-order valence-electron chi connectivity index (χ0n) is 14.8. The van der Waals surface area contributed by atoms with Gasteiger partial charge >= 0.3 is 0 Å². The van der Waals surface area contributed by atoms with Crippen molar-refractivity contribution in [1.82, 2.24) is 15.1 Å². The maximum absolute atomic E-state index is 14.0. The molecular formula is C20H19BrFN3OS. The Bertz CT molecular complexity index is 935. The average Bonchev–Trinajstić information content (AvgIpc) is 3.18. The standard InChI is InChI=1S/C20H19BrFN3OS/c1-13(19-23-24-20(27-19)15-7-3-5-9-17(15)22)25-10-11-26-18(12-25)14-6-2-4-8-16(14)21/h2-9,13,18H,10-12H2,1H3/t13-,18+/m0/s1. The molecule has 0 bridgehead atoms. The molecule has 2 atom stereocenters. The summed E-state index contributed by atoms with van der Waals surface area (Å²) >= 11 is 5.06. The lowest BCUT2D eigenvalue weighted by atomic mass is 10.1. The van der Waals surface area contributed by atoms with Crippen molar-refractivity contribution in [1.29, 1.82) is 0 Å². The van der Waals surface area contributed by atoms with E-state index in [0.29, 0.717) is 17.2 Å². The fraction of sp³-hybridized carbons (Fsp3) is 0.300. The topological polar surface area (TPSA) is 38.2 Å². The van der Waals surface area contributed by atoms with Gasteiger partial charge in [0, 0.05) is 23.1 Å². The van der Waals surface area contributed by atoms with Crippen LogP contribution in [-0.2, 0) is 4.74 Å². The predicted molar refractivity (Wildman–Crippen MR) is 108 cm³/mol. The first kappa shape index (κ1) is 18.7. The molecule has 4 nitrogen and oxygen atoms in total. The first-order valence-electron chi connectivity index (χ1n) is 8.82. The second kappa shape index (κ2) is 8.14. The summed E-state index contributed by atoms with van der Waals surface area (Å²) in [6, 6.07) is 14.9. The molecule has 1 saturated heterocycles. The van der Waals surface area contributed by atoms with Crippen molar-refractivity contribution < 1.29 is 9.13 Å². The van der Waals surface area contributed by atoms with Gasteiger partial charge in [0.25, 0.3) is 0 Å². The minimum Gasteiger partial charge on any atom is -0.371 e. The highest BCUT2D eigenvalue weighted by Crippen LogP contribution is 2.34. The Morgan fingerprint density at radius 3 is 2.78 bits per heavy atom. The van der Waals surface area contributed by atoms with Crippen LogP contribution in [0.5, 0.6) is 0 Å². The molecule has 4 rings (SSSR count). The molecule has 1 aliphatic rings. The predicted octanol–water partition coefficient (Wildman–Crippen LogP) is 5.24. The second-order valence-corrected chi connectivity index (χ2v) is 8.34. The number of benzene rings is 2. The zero-order valence-corrected chi connectivity index (χ0v) is 17.2. The van der Waals surface area contributed by atoms with E-state index in [1.807, 2.05) is 24.3 Å². The highest BCUT2D eigenvalue weighted by molar-refractivity contribution is 9.10. The summed E-state index contributed by atoms with van der Waals surface area (Å²) in [5.74, 6) is -0.270. The Morgan fingerprint density at radius 1 is 1.19 bits per heavy atom. The molecule has 7 heteroatoms. The third-order valence-corrected chi connectivity index (χ3v) is 6.65. The van der Waals surface area contributed by atoms with Crippen molar-refractivity contribution in [3.8, 4) is 10.6 Å². The van der Waals surface area contributed by atoms with Crippen LogP contribution in [0.2, 0.25) is 0 Å².